The third-order valence-corrected chi connectivity index (χ3v) is 8.31. The van der Waals surface area contributed by atoms with Gasteiger partial charge in [0.1, 0.15) is 5.01 Å². The van der Waals surface area contributed by atoms with Crippen LogP contribution in [0.3, 0.4) is 0 Å². The summed E-state index contributed by atoms with van der Waals surface area (Å²) in [7, 11) is 0. The van der Waals surface area contributed by atoms with Gasteiger partial charge in [-0.3, -0.25) is 0 Å². The quantitative estimate of drug-likeness (QED) is 0.215. The van der Waals surface area contributed by atoms with E-state index in [2.05, 4.69) is 48.4 Å². The highest BCUT2D eigenvalue weighted by atomic mass is 32.1. The fraction of sp³-hybridized carbons (Fsp3) is 0.700. The number of hydrogen-bond acceptors (Lipinski definition) is 6. The summed E-state index contributed by atoms with van der Waals surface area (Å²) in [6.45, 7) is 10.6. The highest BCUT2D eigenvalue weighted by Crippen LogP contribution is 2.44. The lowest BCUT2D eigenvalue weighted by atomic mass is 10.1. The Labute approximate surface area is 227 Å². The van der Waals surface area contributed by atoms with Gasteiger partial charge in [0.25, 0.3) is 0 Å². The number of nitrogens with zero attached hydrogens (tertiary/aromatic N) is 2. The molecule has 0 spiro atoms. The summed E-state index contributed by atoms with van der Waals surface area (Å²) >= 11 is 1.76. The van der Waals surface area contributed by atoms with Crippen LogP contribution in [0, 0.1) is 12.8 Å². The lowest BCUT2D eigenvalue weighted by molar-refractivity contribution is 0.0689. The fourth-order valence-electron chi connectivity index (χ4n) is 4.25. The molecule has 37 heavy (non-hydrogen) atoms. The standard InChI is InChI=1S/C17H32N2S.C13H15NO3/c1-5-6-7-8-9-10-11-12-13-18-17(3,4)16-19-15(2)14-20-16;15-13(16)11-6-5-10(9-3-4-9)12(14-11)17-7-8-1-2-8/h14,18H,5-13H2,1-4H3;5-6,8-9H,1-4,7H2,(H,15,16). The molecule has 2 fully saturated rings. The van der Waals surface area contributed by atoms with Gasteiger partial charge in [0.15, 0.2) is 5.69 Å². The molecule has 2 aliphatic rings. The van der Waals surface area contributed by atoms with Crippen molar-refractivity contribution < 1.29 is 14.6 Å². The Kier molecular flexibility index (Phi) is 11.8. The molecule has 0 saturated heterocycles. The number of aromatic carboxylic acids is 1. The molecule has 206 valence electrons. The van der Waals surface area contributed by atoms with Gasteiger partial charge in [-0.2, -0.15) is 0 Å². The maximum atomic E-state index is 10.9. The summed E-state index contributed by atoms with van der Waals surface area (Å²) in [5.41, 5.74) is 2.29. The smallest absolute Gasteiger partial charge is 0.354 e. The third-order valence-electron chi connectivity index (χ3n) is 7.03. The summed E-state index contributed by atoms with van der Waals surface area (Å²) in [5, 5.41) is 15.9. The number of ether oxygens (including phenoxy) is 1. The van der Waals surface area contributed by atoms with E-state index >= 15 is 0 Å². The molecule has 0 unspecified atom stereocenters. The van der Waals surface area contributed by atoms with E-state index in [0.29, 0.717) is 24.3 Å². The van der Waals surface area contributed by atoms with E-state index in [4.69, 9.17) is 9.84 Å². The second kappa shape index (κ2) is 14.8. The Balaban J connectivity index is 0.000000207. The second-order valence-electron chi connectivity index (χ2n) is 11.2. The number of carbonyl (C=O) groups is 1. The number of aryl methyl sites for hydroxylation is 1. The average Bonchev–Trinajstić information content (AvgIpc) is 3.81. The third kappa shape index (κ3) is 10.7. The molecule has 6 nitrogen and oxygen atoms in total. The Morgan fingerprint density at radius 2 is 1.73 bits per heavy atom. The van der Waals surface area contributed by atoms with Crippen molar-refractivity contribution in [3.63, 3.8) is 0 Å². The first-order chi connectivity index (χ1) is 17.8. The molecule has 0 bridgehead atoms. The van der Waals surface area contributed by atoms with Crippen LogP contribution in [0.2, 0.25) is 0 Å². The van der Waals surface area contributed by atoms with Crippen LogP contribution < -0.4 is 10.1 Å². The van der Waals surface area contributed by atoms with E-state index in [-0.39, 0.29) is 11.2 Å². The normalized spacial score (nSPS) is 15.2. The largest absolute Gasteiger partial charge is 0.477 e. The van der Waals surface area contributed by atoms with Gasteiger partial charge in [-0.1, -0.05) is 57.9 Å². The van der Waals surface area contributed by atoms with Crippen LogP contribution in [-0.2, 0) is 5.54 Å². The topological polar surface area (TPSA) is 84.3 Å². The summed E-state index contributed by atoms with van der Waals surface area (Å²) < 4.78 is 5.68. The number of pyridine rings is 1. The van der Waals surface area contributed by atoms with Crippen LogP contribution in [0.15, 0.2) is 17.5 Å². The first kappa shape index (κ1) is 29.6. The van der Waals surface area contributed by atoms with E-state index in [9.17, 15) is 4.79 Å². The van der Waals surface area contributed by atoms with Crippen molar-refractivity contribution in [2.24, 2.45) is 5.92 Å². The van der Waals surface area contributed by atoms with Crippen molar-refractivity contribution in [3.8, 4) is 5.88 Å². The minimum Gasteiger partial charge on any atom is -0.477 e. The monoisotopic (exact) mass is 529 g/mol. The van der Waals surface area contributed by atoms with Gasteiger partial charge in [0.05, 0.1) is 12.1 Å². The molecule has 2 aromatic rings. The zero-order valence-electron chi connectivity index (χ0n) is 23.4. The average molecular weight is 530 g/mol. The molecule has 7 heteroatoms. The molecule has 4 rings (SSSR count). The Morgan fingerprint density at radius 3 is 2.30 bits per heavy atom. The van der Waals surface area contributed by atoms with Crippen molar-refractivity contribution >= 4 is 17.3 Å². The Morgan fingerprint density at radius 1 is 1.05 bits per heavy atom. The van der Waals surface area contributed by atoms with Crippen molar-refractivity contribution in [3.05, 3.63) is 39.5 Å². The van der Waals surface area contributed by atoms with Gasteiger partial charge in [-0.05, 0) is 77.3 Å². The Hall–Kier alpha value is -1.99. The molecule has 0 amide bonds. The van der Waals surface area contributed by atoms with E-state index in [1.807, 2.05) is 6.07 Å². The van der Waals surface area contributed by atoms with E-state index in [1.54, 1.807) is 17.4 Å². The van der Waals surface area contributed by atoms with Gasteiger partial charge in [-0.25, -0.2) is 14.8 Å². The molecule has 0 radical (unpaired) electrons. The first-order valence-corrected chi connectivity index (χ1v) is 15.2. The summed E-state index contributed by atoms with van der Waals surface area (Å²) in [5.74, 6) is 0.722. The SMILES string of the molecule is CCCCCCCCCCNC(C)(C)c1nc(C)cs1.O=C(O)c1ccc(C2CC2)c(OCC2CC2)n1. The van der Waals surface area contributed by atoms with Gasteiger partial charge >= 0.3 is 5.97 Å². The van der Waals surface area contributed by atoms with Crippen molar-refractivity contribution in [2.75, 3.05) is 13.2 Å². The van der Waals surface area contributed by atoms with Crippen LogP contribution in [0.5, 0.6) is 5.88 Å². The summed E-state index contributed by atoms with van der Waals surface area (Å²) in [6, 6.07) is 3.43. The molecule has 2 heterocycles. The van der Waals surface area contributed by atoms with Gasteiger partial charge in [0, 0.05) is 16.6 Å². The number of rotatable bonds is 16. The first-order valence-electron chi connectivity index (χ1n) is 14.3. The molecular weight excluding hydrogens is 482 g/mol. The molecule has 2 aliphatic carbocycles. The number of carboxylic acids is 1. The molecular formula is C30H47N3O3S. The van der Waals surface area contributed by atoms with Crippen LogP contribution in [-0.4, -0.2) is 34.2 Å². The molecule has 2 saturated carbocycles. The van der Waals surface area contributed by atoms with Gasteiger partial charge < -0.3 is 15.2 Å². The minimum atomic E-state index is -0.997. The number of hydrogen-bond donors (Lipinski definition) is 2. The molecule has 2 aromatic heterocycles. The van der Waals surface area contributed by atoms with Crippen LogP contribution in [0.4, 0.5) is 0 Å². The van der Waals surface area contributed by atoms with E-state index in [0.717, 1.165) is 30.6 Å². The highest BCUT2D eigenvalue weighted by molar-refractivity contribution is 7.09. The Bertz CT molecular complexity index is 967. The predicted octanol–water partition coefficient (Wildman–Crippen LogP) is 7.86. The molecule has 0 atom stereocenters. The lowest BCUT2D eigenvalue weighted by Crippen LogP contribution is -2.37. The van der Waals surface area contributed by atoms with Gasteiger partial charge in [-0.15, -0.1) is 11.3 Å². The molecule has 0 aliphatic heterocycles. The maximum Gasteiger partial charge on any atom is 0.354 e. The number of thiazole rings is 1. The summed E-state index contributed by atoms with van der Waals surface area (Å²) in [4.78, 5) is 19.6. The summed E-state index contributed by atoms with van der Waals surface area (Å²) in [6.07, 6.45) is 15.8. The van der Waals surface area contributed by atoms with Crippen LogP contribution >= 0.6 is 11.3 Å². The van der Waals surface area contributed by atoms with Crippen molar-refractivity contribution in [1.29, 1.82) is 0 Å². The van der Waals surface area contributed by atoms with E-state index in [1.165, 1.54) is 69.2 Å². The minimum absolute atomic E-state index is 0.0139. The predicted molar refractivity (Wildman–Crippen MR) is 152 cm³/mol. The lowest BCUT2D eigenvalue weighted by Gasteiger charge is -2.23. The highest BCUT2D eigenvalue weighted by Gasteiger charge is 2.30. The second-order valence-corrected chi connectivity index (χ2v) is 12.1. The van der Waals surface area contributed by atoms with Crippen LogP contribution in [0.1, 0.15) is 130 Å². The number of unbranched alkanes of at least 4 members (excludes halogenated alkanes) is 7. The van der Waals surface area contributed by atoms with Crippen molar-refractivity contribution in [2.45, 2.75) is 116 Å². The molecule has 0 aromatic carbocycles. The zero-order valence-corrected chi connectivity index (χ0v) is 24.2. The molecule has 2 N–H and O–H groups in total. The number of aromatic nitrogens is 2. The van der Waals surface area contributed by atoms with Crippen molar-refractivity contribution in [1.82, 2.24) is 15.3 Å². The van der Waals surface area contributed by atoms with Gasteiger partial charge in [0.2, 0.25) is 5.88 Å². The maximum absolute atomic E-state index is 10.9. The fourth-order valence-corrected chi connectivity index (χ4v) is 5.15. The van der Waals surface area contributed by atoms with E-state index < -0.39 is 5.97 Å². The zero-order chi connectivity index (χ0) is 26.7. The van der Waals surface area contributed by atoms with Crippen LogP contribution in [0.25, 0.3) is 0 Å². The number of carboxylic acid groups (broad SMARTS) is 1. The number of nitrogens with one attached hydrogen (secondary N) is 1.